The van der Waals surface area contributed by atoms with Crippen molar-refractivity contribution in [3.05, 3.63) is 48.6 Å². The summed E-state index contributed by atoms with van der Waals surface area (Å²) in [6.07, 6.45) is 17.6. The van der Waals surface area contributed by atoms with Gasteiger partial charge in [0.1, 0.15) is 19.3 Å². The van der Waals surface area contributed by atoms with Gasteiger partial charge in [0.2, 0.25) is 0 Å². The summed E-state index contributed by atoms with van der Waals surface area (Å²) in [6, 6.07) is 0. The van der Waals surface area contributed by atoms with Crippen LogP contribution >= 0.6 is 0 Å². The molecule has 14 heteroatoms. The molecule has 0 aliphatic carbocycles. The second-order valence-corrected chi connectivity index (χ2v) is 12.3. The number of esters is 6. The average molecular weight is 751 g/mol. The standard InChI is InChI=1S/C39H58O14/c1-7-8-9-10-11-12-13-14-15-16-17-18-19-20-21-22-23-24-35(45)52-33(25-46-28(2)40)26-48-39-38(51-32(6)44)37(50-31(5)43)36(49-30(4)42)34(53-39)27-47-29(3)41/h11-12,14-15,17-18,20-21,33-34,36-39H,7-10,13,16,19,22-27H2,1-6H3/b12-11-,15-14-,18-17-,21-20+/t33?,34?,36-,37+,38+,39?/m0/s1. The van der Waals surface area contributed by atoms with Gasteiger partial charge < -0.3 is 37.9 Å². The molecular weight excluding hydrogens is 692 g/mol. The summed E-state index contributed by atoms with van der Waals surface area (Å²) in [5.41, 5.74) is 0. The molecule has 14 nitrogen and oxygen atoms in total. The first-order chi connectivity index (χ1) is 25.3. The normalized spacial score (nSPS) is 20.8. The van der Waals surface area contributed by atoms with Crippen LogP contribution in [0.2, 0.25) is 0 Å². The highest BCUT2D eigenvalue weighted by molar-refractivity contribution is 5.70. The predicted molar refractivity (Wildman–Crippen MR) is 193 cm³/mol. The molecule has 53 heavy (non-hydrogen) atoms. The van der Waals surface area contributed by atoms with Crippen molar-refractivity contribution in [3.8, 4) is 0 Å². The third-order valence-corrected chi connectivity index (χ3v) is 7.37. The molecule has 0 N–H and O–H groups in total. The summed E-state index contributed by atoms with van der Waals surface area (Å²) in [7, 11) is 0. The predicted octanol–water partition coefficient (Wildman–Crippen LogP) is 5.71. The summed E-state index contributed by atoms with van der Waals surface area (Å²) in [5.74, 6) is -4.25. The maximum Gasteiger partial charge on any atom is 0.306 e. The van der Waals surface area contributed by atoms with E-state index in [2.05, 4.69) is 43.4 Å². The molecule has 6 atom stereocenters. The lowest BCUT2D eigenvalue weighted by Gasteiger charge is -2.44. The Bertz CT molecular complexity index is 1250. The fourth-order valence-corrected chi connectivity index (χ4v) is 5.02. The monoisotopic (exact) mass is 750 g/mol. The Kier molecular flexibility index (Phi) is 24.9. The molecule has 0 aromatic rings. The number of carbonyl (C=O) groups is 6. The van der Waals surface area contributed by atoms with Crippen molar-refractivity contribution in [2.75, 3.05) is 19.8 Å². The lowest BCUT2D eigenvalue weighted by atomic mass is 9.98. The third-order valence-electron chi connectivity index (χ3n) is 7.37. The lowest BCUT2D eigenvalue weighted by Crippen LogP contribution is -2.63. The van der Waals surface area contributed by atoms with Crippen molar-refractivity contribution in [3.63, 3.8) is 0 Å². The highest BCUT2D eigenvalue weighted by atomic mass is 16.7. The van der Waals surface area contributed by atoms with Crippen molar-refractivity contribution in [1.29, 1.82) is 0 Å². The highest BCUT2D eigenvalue weighted by Gasteiger charge is 2.53. The number of allylic oxidation sites excluding steroid dienone is 8. The molecular formula is C39H58O14. The Morgan fingerprint density at radius 1 is 0.585 bits per heavy atom. The van der Waals surface area contributed by atoms with Crippen LogP contribution in [0.5, 0.6) is 0 Å². The second-order valence-electron chi connectivity index (χ2n) is 12.3. The van der Waals surface area contributed by atoms with Gasteiger partial charge in [-0.25, -0.2) is 0 Å². The van der Waals surface area contributed by atoms with Gasteiger partial charge in [0.15, 0.2) is 30.7 Å². The Morgan fingerprint density at radius 2 is 1.09 bits per heavy atom. The van der Waals surface area contributed by atoms with Gasteiger partial charge in [-0.3, -0.25) is 28.8 Å². The SMILES string of the molecule is CCCCC/C=C\C/C=C\C/C=C\C/C=C/CCCC(=O)OC(COC(C)=O)COC1OC(COC(C)=O)[C@H](OC(C)=O)[C@@H](OC(C)=O)[C@H]1OC(C)=O. The number of carbonyl (C=O) groups excluding carboxylic acids is 6. The van der Waals surface area contributed by atoms with E-state index in [1.165, 1.54) is 26.2 Å². The molecule has 1 aliphatic heterocycles. The van der Waals surface area contributed by atoms with Crippen LogP contribution < -0.4 is 0 Å². The minimum atomic E-state index is -1.49. The van der Waals surface area contributed by atoms with Gasteiger partial charge in [-0.2, -0.15) is 0 Å². The fraction of sp³-hybridized carbons (Fsp3) is 0.641. The molecule has 0 radical (unpaired) electrons. The number of hydrogen-bond donors (Lipinski definition) is 0. The molecule has 1 fully saturated rings. The van der Waals surface area contributed by atoms with Crippen LogP contribution in [-0.4, -0.2) is 92.4 Å². The molecule has 0 saturated carbocycles. The quantitative estimate of drug-likeness (QED) is 0.0480. The topological polar surface area (TPSA) is 176 Å². The summed E-state index contributed by atoms with van der Waals surface area (Å²) in [4.78, 5) is 72.0. The molecule has 0 amide bonds. The fourth-order valence-electron chi connectivity index (χ4n) is 5.02. The van der Waals surface area contributed by atoms with Crippen molar-refractivity contribution in [2.45, 2.75) is 143 Å². The third kappa shape index (κ3) is 23.1. The summed E-state index contributed by atoms with van der Waals surface area (Å²) in [6.45, 7) is 6.63. The van der Waals surface area contributed by atoms with E-state index in [0.717, 1.165) is 53.4 Å². The Balaban J connectivity index is 2.78. The van der Waals surface area contributed by atoms with Crippen molar-refractivity contribution in [1.82, 2.24) is 0 Å². The minimum absolute atomic E-state index is 0.0770. The van der Waals surface area contributed by atoms with Crippen LogP contribution in [-0.2, 0) is 66.7 Å². The zero-order valence-corrected chi connectivity index (χ0v) is 32.0. The van der Waals surface area contributed by atoms with Gasteiger partial charge in [0.05, 0.1) is 6.61 Å². The van der Waals surface area contributed by atoms with Crippen molar-refractivity contribution >= 4 is 35.8 Å². The summed E-state index contributed by atoms with van der Waals surface area (Å²) < 4.78 is 43.6. The van der Waals surface area contributed by atoms with E-state index in [1.54, 1.807) is 0 Å². The molecule has 0 spiro atoms. The zero-order valence-electron chi connectivity index (χ0n) is 32.0. The van der Waals surface area contributed by atoms with Gasteiger partial charge in [-0.05, 0) is 44.9 Å². The van der Waals surface area contributed by atoms with Crippen LogP contribution in [0, 0.1) is 0 Å². The van der Waals surface area contributed by atoms with Crippen molar-refractivity contribution < 1.29 is 66.7 Å². The van der Waals surface area contributed by atoms with Gasteiger partial charge in [0.25, 0.3) is 0 Å². The molecule has 0 aromatic carbocycles. The van der Waals surface area contributed by atoms with Gasteiger partial charge >= 0.3 is 35.8 Å². The molecule has 1 rings (SSSR count). The molecule has 0 aromatic heterocycles. The van der Waals surface area contributed by atoms with Crippen LogP contribution in [0.3, 0.4) is 0 Å². The average Bonchev–Trinajstić information content (AvgIpc) is 3.08. The van der Waals surface area contributed by atoms with E-state index in [4.69, 9.17) is 37.9 Å². The number of ether oxygens (including phenoxy) is 8. The minimum Gasteiger partial charge on any atom is -0.463 e. The smallest absolute Gasteiger partial charge is 0.306 e. The molecule has 298 valence electrons. The van der Waals surface area contributed by atoms with E-state index >= 15 is 0 Å². The Labute approximate surface area is 313 Å². The van der Waals surface area contributed by atoms with E-state index in [-0.39, 0.29) is 13.0 Å². The van der Waals surface area contributed by atoms with E-state index in [9.17, 15) is 28.8 Å². The number of hydrogen-bond acceptors (Lipinski definition) is 14. The largest absolute Gasteiger partial charge is 0.463 e. The number of unbranched alkanes of at least 4 members (excludes halogenated alkanes) is 4. The van der Waals surface area contributed by atoms with E-state index in [1.807, 2.05) is 12.2 Å². The first-order valence-corrected chi connectivity index (χ1v) is 18.2. The van der Waals surface area contributed by atoms with E-state index in [0.29, 0.717) is 12.8 Å². The Morgan fingerprint density at radius 3 is 1.62 bits per heavy atom. The maximum atomic E-state index is 12.7. The summed E-state index contributed by atoms with van der Waals surface area (Å²) in [5, 5.41) is 0. The second kappa shape index (κ2) is 28.2. The number of rotatable bonds is 25. The lowest BCUT2D eigenvalue weighted by molar-refractivity contribution is -0.311. The summed E-state index contributed by atoms with van der Waals surface area (Å²) >= 11 is 0. The van der Waals surface area contributed by atoms with Crippen LogP contribution in [0.15, 0.2) is 48.6 Å². The molecule has 1 heterocycles. The molecule has 1 saturated heterocycles. The van der Waals surface area contributed by atoms with Gasteiger partial charge in [0, 0.05) is 41.0 Å². The molecule has 1 aliphatic rings. The first kappa shape index (κ1) is 46.7. The Hall–Kier alpha value is -4.30. The molecule has 0 bridgehead atoms. The van der Waals surface area contributed by atoms with Crippen LogP contribution in [0.25, 0.3) is 0 Å². The first-order valence-electron chi connectivity index (χ1n) is 18.2. The zero-order chi connectivity index (χ0) is 39.4. The molecule has 3 unspecified atom stereocenters. The van der Waals surface area contributed by atoms with Crippen LogP contribution in [0.4, 0.5) is 0 Å². The van der Waals surface area contributed by atoms with Gasteiger partial charge in [-0.15, -0.1) is 0 Å². The van der Waals surface area contributed by atoms with Crippen molar-refractivity contribution in [2.24, 2.45) is 0 Å². The maximum absolute atomic E-state index is 12.7. The van der Waals surface area contributed by atoms with E-state index < -0.39 is 85.8 Å². The van der Waals surface area contributed by atoms with Gasteiger partial charge in [-0.1, -0.05) is 68.4 Å². The highest BCUT2D eigenvalue weighted by Crippen LogP contribution is 2.30. The van der Waals surface area contributed by atoms with Crippen LogP contribution in [0.1, 0.15) is 106 Å².